The lowest BCUT2D eigenvalue weighted by Crippen LogP contribution is -2.31. The van der Waals surface area contributed by atoms with Crippen LogP contribution in [0.4, 0.5) is 0 Å². The van der Waals surface area contributed by atoms with Crippen molar-refractivity contribution in [1.82, 2.24) is 10.3 Å². The summed E-state index contributed by atoms with van der Waals surface area (Å²) >= 11 is 3.34. The third-order valence-electron chi connectivity index (χ3n) is 3.89. The molecule has 6 heteroatoms. The molecule has 1 unspecified atom stereocenters. The van der Waals surface area contributed by atoms with Crippen molar-refractivity contribution >= 4 is 28.6 Å². The van der Waals surface area contributed by atoms with Crippen molar-refractivity contribution in [1.29, 1.82) is 0 Å². The lowest BCUT2D eigenvalue weighted by atomic mass is 10.0. The zero-order chi connectivity index (χ0) is 17.5. The highest BCUT2D eigenvalue weighted by Gasteiger charge is 2.13. The highest BCUT2D eigenvalue weighted by atomic mass is 32.1. The van der Waals surface area contributed by atoms with Crippen molar-refractivity contribution in [3.05, 3.63) is 64.5 Å². The van der Waals surface area contributed by atoms with E-state index in [1.165, 1.54) is 10.4 Å². The van der Waals surface area contributed by atoms with E-state index in [2.05, 4.69) is 39.3 Å². The van der Waals surface area contributed by atoms with E-state index >= 15 is 0 Å². The quantitative estimate of drug-likeness (QED) is 0.583. The van der Waals surface area contributed by atoms with Crippen molar-refractivity contribution in [2.75, 3.05) is 0 Å². The number of carbonyl (C=O) groups is 1. The minimum atomic E-state index is -0.756. The smallest absolute Gasteiger partial charge is 0.303 e. The van der Waals surface area contributed by atoms with Crippen LogP contribution in [0.15, 0.2) is 53.2 Å². The Hall–Kier alpha value is -2.02. The first-order valence-electron chi connectivity index (χ1n) is 8.18. The molecule has 0 radical (unpaired) electrons. The summed E-state index contributed by atoms with van der Waals surface area (Å²) in [5, 5.41) is 17.6. The van der Waals surface area contributed by atoms with E-state index in [9.17, 15) is 4.79 Å². The molecule has 25 heavy (non-hydrogen) atoms. The van der Waals surface area contributed by atoms with E-state index in [-0.39, 0.29) is 12.5 Å². The summed E-state index contributed by atoms with van der Waals surface area (Å²) in [7, 11) is 0. The number of hydrogen-bond acceptors (Lipinski definition) is 5. The summed E-state index contributed by atoms with van der Waals surface area (Å²) in [5.74, 6) is -0.756. The topological polar surface area (TPSA) is 62.2 Å². The average Bonchev–Trinajstić information content (AvgIpc) is 3.29. The first-order valence-corrected chi connectivity index (χ1v) is 9.94. The van der Waals surface area contributed by atoms with Crippen LogP contribution in [0.25, 0.3) is 9.88 Å². The van der Waals surface area contributed by atoms with Crippen LogP contribution in [0.2, 0.25) is 0 Å². The molecular weight excluding hydrogens is 352 g/mol. The maximum Gasteiger partial charge on any atom is 0.303 e. The van der Waals surface area contributed by atoms with Gasteiger partial charge < -0.3 is 10.4 Å². The fourth-order valence-corrected chi connectivity index (χ4v) is 4.26. The van der Waals surface area contributed by atoms with E-state index in [0.29, 0.717) is 13.0 Å². The third-order valence-corrected chi connectivity index (χ3v) is 5.82. The Kier molecular flexibility index (Phi) is 6.33. The molecule has 3 aromatic rings. The molecule has 4 nitrogen and oxygen atoms in total. The molecule has 0 fully saturated rings. The maximum atomic E-state index is 10.9. The number of thiazole rings is 1. The maximum absolute atomic E-state index is 10.9. The van der Waals surface area contributed by atoms with Crippen LogP contribution in [0, 0.1) is 0 Å². The Morgan fingerprint density at radius 3 is 2.72 bits per heavy atom. The number of aliphatic carboxylic acids is 1. The first-order chi connectivity index (χ1) is 12.2. The number of carboxylic acid groups (broad SMARTS) is 1. The molecule has 0 saturated carbocycles. The number of nitrogens with zero attached hydrogens (tertiary/aromatic N) is 1. The van der Waals surface area contributed by atoms with E-state index in [0.717, 1.165) is 17.1 Å². The summed E-state index contributed by atoms with van der Waals surface area (Å²) in [6.45, 7) is 0.652. The Morgan fingerprint density at radius 2 is 2.00 bits per heavy atom. The number of rotatable bonds is 9. The molecule has 0 aliphatic carbocycles. The van der Waals surface area contributed by atoms with Crippen LogP contribution in [0.5, 0.6) is 0 Å². The molecular formula is C19H20N2O2S2. The van der Waals surface area contributed by atoms with Crippen molar-refractivity contribution in [3.8, 4) is 9.88 Å². The summed E-state index contributed by atoms with van der Waals surface area (Å²) in [6, 6.07) is 14.4. The molecule has 0 spiro atoms. The van der Waals surface area contributed by atoms with Gasteiger partial charge in [-0.25, -0.2) is 4.98 Å². The molecule has 1 atom stereocenters. The van der Waals surface area contributed by atoms with Gasteiger partial charge in [-0.3, -0.25) is 4.79 Å². The molecule has 2 aromatic heterocycles. The predicted molar refractivity (Wildman–Crippen MR) is 103 cm³/mol. The SMILES string of the molecule is O=C(O)CCC(Cc1ccccc1)NCc1csc(-c2cccs2)n1. The number of benzene rings is 1. The minimum Gasteiger partial charge on any atom is -0.481 e. The lowest BCUT2D eigenvalue weighted by molar-refractivity contribution is -0.137. The van der Waals surface area contributed by atoms with Gasteiger partial charge in [-0.05, 0) is 29.9 Å². The summed E-state index contributed by atoms with van der Waals surface area (Å²) in [5.41, 5.74) is 2.21. The second-order valence-electron chi connectivity index (χ2n) is 5.82. The fourth-order valence-electron chi connectivity index (χ4n) is 2.62. The summed E-state index contributed by atoms with van der Waals surface area (Å²) in [6.07, 6.45) is 1.59. The average molecular weight is 373 g/mol. The molecule has 0 amide bonds. The van der Waals surface area contributed by atoms with Crippen LogP contribution in [-0.2, 0) is 17.8 Å². The standard InChI is InChI=1S/C19H20N2O2S2/c22-18(23)9-8-15(11-14-5-2-1-3-6-14)20-12-16-13-25-19(21-16)17-7-4-10-24-17/h1-7,10,13,15,20H,8-9,11-12H2,(H,22,23). The van der Waals surface area contributed by atoms with Crippen LogP contribution < -0.4 is 5.32 Å². The second kappa shape index (κ2) is 8.89. The number of carboxylic acids is 1. The zero-order valence-corrected chi connectivity index (χ0v) is 15.4. The van der Waals surface area contributed by atoms with Gasteiger partial charge in [0.15, 0.2) is 0 Å². The van der Waals surface area contributed by atoms with Gasteiger partial charge in [0.1, 0.15) is 5.01 Å². The van der Waals surface area contributed by atoms with Crippen molar-refractivity contribution in [3.63, 3.8) is 0 Å². The van der Waals surface area contributed by atoms with Crippen LogP contribution in [-0.4, -0.2) is 22.1 Å². The van der Waals surface area contributed by atoms with Gasteiger partial charge in [0.25, 0.3) is 0 Å². The Labute approximate surface area is 155 Å². The highest BCUT2D eigenvalue weighted by molar-refractivity contribution is 7.20. The van der Waals surface area contributed by atoms with Gasteiger partial charge in [-0.1, -0.05) is 36.4 Å². The monoisotopic (exact) mass is 372 g/mol. The van der Waals surface area contributed by atoms with Crippen LogP contribution in [0.1, 0.15) is 24.1 Å². The van der Waals surface area contributed by atoms with E-state index in [1.807, 2.05) is 24.3 Å². The Morgan fingerprint density at radius 1 is 1.16 bits per heavy atom. The molecule has 130 valence electrons. The minimum absolute atomic E-state index is 0.116. The third kappa shape index (κ3) is 5.49. The zero-order valence-electron chi connectivity index (χ0n) is 13.7. The fraction of sp³-hybridized carbons (Fsp3) is 0.263. The normalized spacial score (nSPS) is 12.2. The van der Waals surface area contributed by atoms with Gasteiger partial charge in [0, 0.05) is 24.4 Å². The molecule has 0 saturated heterocycles. The van der Waals surface area contributed by atoms with Gasteiger partial charge >= 0.3 is 5.97 Å². The molecule has 2 N–H and O–H groups in total. The van der Waals surface area contributed by atoms with E-state index < -0.39 is 5.97 Å². The molecule has 0 aliphatic rings. The lowest BCUT2D eigenvalue weighted by Gasteiger charge is -2.17. The number of nitrogens with one attached hydrogen (secondary N) is 1. The molecule has 2 heterocycles. The molecule has 0 aliphatic heterocycles. The first kappa shape index (κ1) is 17.8. The van der Waals surface area contributed by atoms with Gasteiger partial charge in [0.2, 0.25) is 0 Å². The Balaban J connectivity index is 1.60. The van der Waals surface area contributed by atoms with E-state index in [1.54, 1.807) is 22.7 Å². The number of thiophene rings is 1. The van der Waals surface area contributed by atoms with Crippen LogP contribution >= 0.6 is 22.7 Å². The van der Waals surface area contributed by atoms with Gasteiger partial charge in [-0.2, -0.15) is 0 Å². The second-order valence-corrected chi connectivity index (χ2v) is 7.63. The van der Waals surface area contributed by atoms with Gasteiger partial charge in [-0.15, -0.1) is 22.7 Å². The van der Waals surface area contributed by atoms with E-state index in [4.69, 9.17) is 5.11 Å². The van der Waals surface area contributed by atoms with Crippen LogP contribution in [0.3, 0.4) is 0 Å². The number of aromatic nitrogens is 1. The van der Waals surface area contributed by atoms with Gasteiger partial charge in [0.05, 0.1) is 10.6 Å². The molecule has 3 rings (SSSR count). The van der Waals surface area contributed by atoms with Crippen molar-refractivity contribution in [2.45, 2.75) is 31.8 Å². The summed E-state index contributed by atoms with van der Waals surface area (Å²) in [4.78, 5) is 16.8. The predicted octanol–water partition coefficient (Wildman–Crippen LogP) is 4.44. The van der Waals surface area contributed by atoms with Crippen molar-refractivity contribution in [2.24, 2.45) is 0 Å². The highest BCUT2D eigenvalue weighted by Crippen LogP contribution is 2.27. The van der Waals surface area contributed by atoms with Crippen molar-refractivity contribution < 1.29 is 9.90 Å². The largest absolute Gasteiger partial charge is 0.481 e. The summed E-state index contributed by atoms with van der Waals surface area (Å²) < 4.78 is 0. The molecule has 0 bridgehead atoms. The molecule has 1 aromatic carbocycles. The Bertz CT molecular complexity index is 785. The number of hydrogen-bond donors (Lipinski definition) is 2.